The van der Waals surface area contributed by atoms with Crippen molar-refractivity contribution in [1.82, 2.24) is 14.7 Å². The van der Waals surface area contributed by atoms with E-state index in [4.69, 9.17) is 4.74 Å². The number of nitrogens with zero attached hydrogens (tertiary/aromatic N) is 3. The van der Waals surface area contributed by atoms with Crippen LogP contribution < -0.4 is 0 Å². The van der Waals surface area contributed by atoms with Crippen LogP contribution in [0.2, 0.25) is 0 Å². The van der Waals surface area contributed by atoms with E-state index in [1.807, 2.05) is 4.90 Å². The Balaban J connectivity index is 1.43. The highest BCUT2D eigenvalue weighted by Gasteiger charge is 2.23. The zero-order chi connectivity index (χ0) is 16.1. The van der Waals surface area contributed by atoms with Gasteiger partial charge >= 0.3 is 0 Å². The molecule has 126 valence electrons. The summed E-state index contributed by atoms with van der Waals surface area (Å²) in [6.07, 6.45) is 0. The van der Waals surface area contributed by atoms with Crippen molar-refractivity contribution in [2.24, 2.45) is 0 Å². The molecule has 0 saturated carbocycles. The summed E-state index contributed by atoms with van der Waals surface area (Å²) in [5.41, 5.74) is 2.67. The van der Waals surface area contributed by atoms with Gasteiger partial charge in [0.25, 0.3) is 0 Å². The van der Waals surface area contributed by atoms with Crippen molar-refractivity contribution in [3.05, 3.63) is 35.4 Å². The quantitative estimate of drug-likeness (QED) is 0.829. The maximum absolute atomic E-state index is 12.4. The molecule has 2 aliphatic heterocycles. The number of benzene rings is 1. The summed E-state index contributed by atoms with van der Waals surface area (Å²) in [5.74, 6) is 0.266. The summed E-state index contributed by atoms with van der Waals surface area (Å²) in [5, 5.41) is 0. The molecule has 23 heavy (non-hydrogen) atoms. The van der Waals surface area contributed by atoms with E-state index >= 15 is 0 Å². The molecule has 0 unspecified atom stereocenters. The zero-order valence-corrected chi connectivity index (χ0v) is 14.0. The van der Waals surface area contributed by atoms with E-state index in [1.54, 1.807) is 0 Å². The third-order valence-electron chi connectivity index (χ3n) is 4.68. The Bertz CT molecular complexity index is 521. The Morgan fingerprint density at radius 1 is 1.04 bits per heavy atom. The lowest BCUT2D eigenvalue weighted by atomic mass is 10.1. The Kier molecular flexibility index (Phi) is 5.65. The minimum atomic E-state index is 0.266. The highest BCUT2D eigenvalue weighted by atomic mass is 16.5. The predicted octanol–water partition coefficient (Wildman–Crippen LogP) is 0.971. The Morgan fingerprint density at radius 2 is 1.78 bits per heavy atom. The fourth-order valence-corrected chi connectivity index (χ4v) is 3.27. The number of rotatable bonds is 4. The van der Waals surface area contributed by atoms with Crippen LogP contribution in [0.15, 0.2) is 24.3 Å². The first-order valence-electron chi connectivity index (χ1n) is 8.56. The summed E-state index contributed by atoms with van der Waals surface area (Å²) in [6, 6.07) is 8.68. The van der Waals surface area contributed by atoms with Crippen molar-refractivity contribution in [1.29, 1.82) is 0 Å². The molecule has 3 rings (SSSR count). The molecule has 0 aromatic heterocycles. The van der Waals surface area contributed by atoms with Gasteiger partial charge in [0, 0.05) is 45.8 Å². The number of morpholine rings is 1. The van der Waals surface area contributed by atoms with E-state index in [-0.39, 0.29) is 5.91 Å². The van der Waals surface area contributed by atoms with Gasteiger partial charge in [-0.05, 0) is 12.5 Å². The van der Waals surface area contributed by atoms with Crippen LogP contribution in [0.1, 0.15) is 11.1 Å². The van der Waals surface area contributed by atoms with Gasteiger partial charge in [-0.15, -0.1) is 0 Å². The lowest BCUT2D eigenvalue weighted by Gasteiger charge is -2.36. The SMILES string of the molecule is Cc1cccc(CN2CCN(C(=O)CN3CCOCC3)CC2)c1. The first kappa shape index (κ1) is 16.4. The largest absolute Gasteiger partial charge is 0.379 e. The van der Waals surface area contributed by atoms with E-state index in [0.717, 1.165) is 59.0 Å². The van der Waals surface area contributed by atoms with Gasteiger partial charge in [0.2, 0.25) is 5.91 Å². The molecule has 2 aliphatic rings. The summed E-state index contributed by atoms with van der Waals surface area (Å²) in [4.78, 5) is 19.1. The van der Waals surface area contributed by atoms with Crippen LogP contribution in [0.3, 0.4) is 0 Å². The first-order valence-corrected chi connectivity index (χ1v) is 8.56. The molecule has 0 aliphatic carbocycles. The highest BCUT2D eigenvalue weighted by Crippen LogP contribution is 2.11. The van der Waals surface area contributed by atoms with E-state index in [2.05, 4.69) is 41.0 Å². The number of hydrogen-bond donors (Lipinski definition) is 0. The molecule has 0 spiro atoms. The molecule has 1 aromatic rings. The number of carbonyl (C=O) groups excluding carboxylic acids is 1. The van der Waals surface area contributed by atoms with Crippen LogP contribution in [0.25, 0.3) is 0 Å². The molecule has 5 nitrogen and oxygen atoms in total. The molecule has 1 aromatic carbocycles. The van der Waals surface area contributed by atoms with Gasteiger partial charge in [0.05, 0.1) is 19.8 Å². The second-order valence-corrected chi connectivity index (χ2v) is 6.53. The van der Waals surface area contributed by atoms with Crippen LogP contribution in [0, 0.1) is 6.92 Å². The number of hydrogen-bond acceptors (Lipinski definition) is 4. The van der Waals surface area contributed by atoms with Crippen LogP contribution in [-0.4, -0.2) is 79.6 Å². The molecule has 2 saturated heterocycles. The van der Waals surface area contributed by atoms with Gasteiger partial charge in [-0.1, -0.05) is 29.8 Å². The Labute approximate surface area is 138 Å². The molecule has 0 radical (unpaired) electrons. The summed E-state index contributed by atoms with van der Waals surface area (Å²) in [7, 11) is 0. The van der Waals surface area contributed by atoms with E-state index in [0.29, 0.717) is 6.54 Å². The first-order chi connectivity index (χ1) is 11.2. The van der Waals surface area contributed by atoms with Crippen LogP contribution in [0.5, 0.6) is 0 Å². The smallest absolute Gasteiger partial charge is 0.236 e. The highest BCUT2D eigenvalue weighted by molar-refractivity contribution is 5.78. The summed E-state index contributed by atoms with van der Waals surface area (Å²) in [6.45, 7) is 10.5. The van der Waals surface area contributed by atoms with E-state index in [9.17, 15) is 4.79 Å². The average Bonchev–Trinajstić information content (AvgIpc) is 2.56. The Morgan fingerprint density at radius 3 is 2.48 bits per heavy atom. The van der Waals surface area contributed by atoms with E-state index in [1.165, 1.54) is 11.1 Å². The molecule has 0 atom stereocenters. The molecule has 0 bridgehead atoms. The van der Waals surface area contributed by atoms with Crippen molar-refractivity contribution >= 4 is 5.91 Å². The van der Waals surface area contributed by atoms with Crippen LogP contribution in [0.4, 0.5) is 0 Å². The molecular weight excluding hydrogens is 290 g/mol. The molecule has 1 amide bonds. The lowest BCUT2D eigenvalue weighted by Crippen LogP contribution is -2.51. The summed E-state index contributed by atoms with van der Waals surface area (Å²) >= 11 is 0. The minimum Gasteiger partial charge on any atom is -0.379 e. The number of amides is 1. The standard InChI is InChI=1S/C18H27N3O2/c1-16-3-2-4-17(13-16)14-19-5-7-21(8-6-19)18(22)15-20-9-11-23-12-10-20/h2-4,13H,5-12,14-15H2,1H3. The van der Waals surface area contributed by atoms with Crippen LogP contribution >= 0.6 is 0 Å². The van der Waals surface area contributed by atoms with Crippen LogP contribution in [-0.2, 0) is 16.1 Å². The third-order valence-corrected chi connectivity index (χ3v) is 4.68. The number of aryl methyl sites for hydroxylation is 1. The van der Waals surface area contributed by atoms with Gasteiger partial charge in [0.1, 0.15) is 0 Å². The fraction of sp³-hybridized carbons (Fsp3) is 0.611. The van der Waals surface area contributed by atoms with Gasteiger partial charge in [-0.3, -0.25) is 14.6 Å². The molecule has 2 fully saturated rings. The monoisotopic (exact) mass is 317 g/mol. The number of ether oxygens (including phenoxy) is 1. The van der Waals surface area contributed by atoms with Gasteiger partial charge in [-0.25, -0.2) is 0 Å². The molecular formula is C18H27N3O2. The lowest BCUT2D eigenvalue weighted by molar-refractivity contribution is -0.135. The van der Waals surface area contributed by atoms with Crippen molar-refractivity contribution in [3.63, 3.8) is 0 Å². The number of piperazine rings is 1. The van der Waals surface area contributed by atoms with Crippen molar-refractivity contribution in [3.8, 4) is 0 Å². The normalized spacial score (nSPS) is 20.7. The van der Waals surface area contributed by atoms with Gasteiger partial charge in [-0.2, -0.15) is 0 Å². The van der Waals surface area contributed by atoms with Crippen molar-refractivity contribution < 1.29 is 9.53 Å². The maximum Gasteiger partial charge on any atom is 0.236 e. The molecule has 0 N–H and O–H groups in total. The summed E-state index contributed by atoms with van der Waals surface area (Å²) < 4.78 is 5.33. The average molecular weight is 317 g/mol. The maximum atomic E-state index is 12.4. The van der Waals surface area contributed by atoms with Gasteiger partial charge in [0.15, 0.2) is 0 Å². The fourth-order valence-electron chi connectivity index (χ4n) is 3.27. The molecule has 2 heterocycles. The second-order valence-electron chi connectivity index (χ2n) is 6.53. The third kappa shape index (κ3) is 4.77. The molecule has 5 heteroatoms. The van der Waals surface area contributed by atoms with E-state index < -0.39 is 0 Å². The van der Waals surface area contributed by atoms with Crippen molar-refractivity contribution in [2.75, 3.05) is 59.0 Å². The Hall–Kier alpha value is -1.43. The second kappa shape index (κ2) is 7.90. The number of carbonyl (C=O) groups is 1. The topological polar surface area (TPSA) is 36.0 Å². The van der Waals surface area contributed by atoms with Gasteiger partial charge < -0.3 is 9.64 Å². The zero-order valence-electron chi connectivity index (χ0n) is 14.0. The minimum absolute atomic E-state index is 0.266. The predicted molar refractivity (Wildman–Crippen MR) is 90.3 cm³/mol. The van der Waals surface area contributed by atoms with Crippen molar-refractivity contribution in [2.45, 2.75) is 13.5 Å².